The lowest BCUT2D eigenvalue weighted by Gasteiger charge is -2.27. The Hall–Kier alpha value is -2.03. The molecule has 1 aromatic heterocycles. The number of anilines is 3. The standard InChI is InChI=1S/C21H29N5O2S/c1(8-25-9-14-27-15-10-25)13-28-19-4-2-18(3-5-19)23-21-22-7-6-20(24-21)26-11-16-29-17-12-26/h2-7H,1,8-17H2,(H,22,23,24). The molecule has 29 heavy (non-hydrogen) atoms. The lowest BCUT2D eigenvalue weighted by atomic mass is 10.3. The van der Waals surface area contributed by atoms with Crippen LogP contribution in [-0.2, 0) is 4.74 Å². The summed E-state index contributed by atoms with van der Waals surface area (Å²) < 4.78 is 11.3. The minimum Gasteiger partial charge on any atom is -0.494 e. The summed E-state index contributed by atoms with van der Waals surface area (Å²) in [6.07, 6.45) is 2.84. The molecular formula is C21H29N5O2S. The van der Waals surface area contributed by atoms with Crippen molar-refractivity contribution >= 4 is 29.2 Å². The van der Waals surface area contributed by atoms with E-state index in [1.165, 1.54) is 0 Å². The second-order valence-electron chi connectivity index (χ2n) is 7.14. The number of nitrogens with one attached hydrogen (secondary N) is 1. The van der Waals surface area contributed by atoms with Crippen molar-refractivity contribution < 1.29 is 9.47 Å². The Kier molecular flexibility index (Phi) is 7.45. The van der Waals surface area contributed by atoms with E-state index in [-0.39, 0.29) is 0 Å². The third kappa shape index (κ3) is 6.22. The van der Waals surface area contributed by atoms with E-state index in [4.69, 9.17) is 9.47 Å². The van der Waals surface area contributed by atoms with E-state index in [1.807, 2.05) is 48.3 Å². The number of hydrogen-bond donors (Lipinski definition) is 1. The van der Waals surface area contributed by atoms with Gasteiger partial charge in [0.25, 0.3) is 0 Å². The van der Waals surface area contributed by atoms with Crippen molar-refractivity contribution in [1.82, 2.24) is 14.9 Å². The summed E-state index contributed by atoms with van der Waals surface area (Å²) in [5, 5.41) is 3.29. The number of ether oxygens (including phenoxy) is 2. The lowest BCUT2D eigenvalue weighted by Crippen LogP contribution is -2.37. The molecule has 0 radical (unpaired) electrons. The van der Waals surface area contributed by atoms with Crippen molar-refractivity contribution in [3.8, 4) is 5.75 Å². The molecule has 3 heterocycles. The first-order valence-corrected chi connectivity index (χ1v) is 11.5. The fraction of sp³-hybridized carbons (Fsp3) is 0.524. The van der Waals surface area contributed by atoms with E-state index in [0.717, 1.165) is 87.7 Å². The second-order valence-corrected chi connectivity index (χ2v) is 8.37. The lowest BCUT2D eigenvalue weighted by molar-refractivity contribution is 0.0358. The highest BCUT2D eigenvalue weighted by Gasteiger charge is 2.13. The average molecular weight is 416 g/mol. The van der Waals surface area contributed by atoms with Gasteiger partial charge in [0.05, 0.1) is 19.8 Å². The molecule has 0 aliphatic carbocycles. The van der Waals surface area contributed by atoms with Gasteiger partial charge < -0.3 is 19.7 Å². The van der Waals surface area contributed by atoms with Gasteiger partial charge in [0, 0.05) is 56.1 Å². The first-order valence-electron chi connectivity index (χ1n) is 10.3. The summed E-state index contributed by atoms with van der Waals surface area (Å²) in [5.74, 6) is 4.81. The normalized spacial score (nSPS) is 17.9. The van der Waals surface area contributed by atoms with Gasteiger partial charge in [-0.25, -0.2) is 4.98 Å². The van der Waals surface area contributed by atoms with Crippen molar-refractivity contribution in [3.05, 3.63) is 36.5 Å². The van der Waals surface area contributed by atoms with Crippen LogP contribution in [0, 0.1) is 0 Å². The Morgan fingerprint density at radius 1 is 1.03 bits per heavy atom. The van der Waals surface area contributed by atoms with Crippen molar-refractivity contribution in [2.75, 3.05) is 74.3 Å². The van der Waals surface area contributed by atoms with Gasteiger partial charge in [-0.2, -0.15) is 16.7 Å². The SMILES string of the molecule is c1cc(N2CCSCC2)nc(Nc2ccc(OCCCN3CCOCC3)cc2)n1. The van der Waals surface area contributed by atoms with E-state index >= 15 is 0 Å². The maximum Gasteiger partial charge on any atom is 0.229 e. The minimum absolute atomic E-state index is 0.625. The van der Waals surface area contributed by atoms with Gasteiger partial charge in [-0.1, -0.05) is 0 Å². The van der Waals surface area contributed by atoms with Gasteiger partial charge in [0.15, 0.2) is 0 Å². The van der Waals surface area contributed by atoms with Crippen LogP contribution in [0.15, 0.2) is 36.5 Å². The highest BCUT2D eigenvalue weighted by Crippen LogP contribution is 2.21. The summed E-state index contributed by atoms with van der Waals surface area (Å²) in [5.41, 5.74) is 0.956. The van der Waals surface area contributed by atoms with Crippen LogP contribution in [0.5, 0.6) is 5.75 Å². The molecule has 2 saturated heterocycles. The van der Waals surface area contributed by atoms with E-state index < -0.39 is 0 Å². The molecule has 8 heteroatoms. The van der Waals surface area contributed by atoms with Gasteiger partial charge in [-0.15, -0.1) is 0 Å². The van der Waals surface area contributed by atoms with Gasteiger partial charge in [0.1, 0.15) is 11.6 Å². The molecule has 1 aromatic carbocycles. The predicted octanol–water partition coefficient (Wildman–Crippen LogP) is 2.87. The maximum atomic E-state index is 5.88. The van der Waals surface area contributed by atoms with Crippen molar-refractivity contribution in [1.29, 1.82) is 0 Å². The Labute approximate surface area is 176 Å². The Morgan fingerprint density at radius 3 is 2.62 bits per heavy atom. The highest BCUT2D eigenvalue weighted by atomic mass is 32.2. The van der Waals surface area contributed by atoms with Gasteiger partial charge >= 0.3 is 0 Å². The third-order valence-electron chi connectivity index (χ3n) is 5.08. The number of hydrogen-bond acceptors (Lipinski definition) is 8. The highest BCUT2D eigenvalue weighted by molar-refractivity contribution is 7.99. The summed E-state index contributed by atoms with van der Waals surface area (Å²) in [7, 11) is 0. The Bertz CT molecular complexity index is 749. The van der Waals surface area contributed by atoms with Gasteiger partial charge in [0.2, 0.25) is 5.95 Å². The molecule has 7 nitrogen and oxygen atoms in total. The molecular weight excluding hydrogens is 386 g/mol. The fourth-order valence-corrected chi connectivity index (χ4v) is 4.35. The molecule has 0 amide bonds. The molecule has 2 fully saturated rings. The van der Waals surface area contributed by atoms with Crippen molar-refractivity contribution in [2.24, 2.45) is 0 Å². The summed E-state index contributed by atoms with van der Waals surface area (Å²) in [4.78, 5) is 13.8. The zero-order valence-electron chi connectivity index (χ0n) is 16.8. The number of benzene rings is 1. The Balaban J connectivity index is 1.24. The third-order valence-corrected chi connectivity index (χ3v) is 6.02. The molecule has 156 valence electrons. The number of rotatable bonds is 8. The van der Waals surface area contributed by atoms with Gasteiger partial charge in [-0.3, -0.25) is 4.90 Å². The van der Waals surface area contributed by atoms with Crippen molar-refractivity contribution in [2.45, 2.75) is 6.42 Å². The van der Waals surface area contributed by atoms with Crippen LogP contribution < -0.4 is 15.0 Å². The fourth-order valence-electron chi connectivity index (χ4n) is 3.44. The molecule has 0 saturated carbocycles. The van der Waals surface area contributed by atoms with E-state index in [2.05, 4.69) is 25.1 Å². The molecule has 0 bridgehead atoms. The van der Waals surface area contributed by atoms with Crippen molar-refractivity contribution in [3.63, 3.8) is 0 Å². The van der Waals surface area contributed by atoms with Crippen LogP contribution in [0.4, 0.5) is 17.5 Å². The molecule has 1 N–H and O–H groups in total. The molecule has 0 atom stereocenters. The van der Waals surface area contributed by atoms with E-state index in [9.17, 15) is 0 Å². The van der Waals surface area contributed by atoms with Crippen LogP contribution in [0.2, 0.25) is 0 Å². The second kappa shape index (κ2) is 10.7. The van der Waals surface area contributed by atoms with E-state index in [0.29, 0.717) is 5.95 Å². The maximum absolute atomic E-state index is 5.88. The summed E-state index contributed by atoms with van der Waals surface area (Å²) in [6.45, 7) is 7.62. The molecule has 2 aliphatic heterocycles. The largest absolute Gasteiger partial charge is 0.494 e. The quantitative estimate of drug-likeness (QED) is 0.661. The smallest absolute Gasteiger partial charge is 0.229 e. The van der Waals surface area contributed by atoms with Crippen LogP contribution >= 0.6 is 11.8 Å². The Morgan fingerprint density at radius 2 is 1.83 bits per heavy atom. The number of nitrogens with zero attached hydrogens (tertiary/aromatic N) is 4. The van der Waals surface area contributed by atoms with E-state index in [1.54, 1.807) is 0 Å². The molecule has 0 spiro atoms. The van der Waals surface area contributed by atoms with Crippen LogP contribution in [-0.4, -0.2) is 78.9 Å². The number of thioether (sulfide) groups is 1. The topological polar surface area (TPSA) is 62.8 Å². The molecule has 0 unspecified atom stereocenters. The zero-order valence-corrected chi connectivity index (χ0v) is 17.6. The first kappa shape index (κ1) is 20.3. The monoisotopic (exact) mass is 415 g/mol. The van der Waals surface area contributed by atoms with Gasteiger partial charge in [-0.05, 0) is 36.8 Å². The summed E-state index contributed by atoms with van der Waals surface area (Å²) >= 11 is 2.00. The average Bonchev–Trinajstić information content (AvgIpc) is 2.79. The number of aromatic nitrogens is 2. The zero-order chi connectivity index (χ0) is 19.7. The van der Waals surface area contributed by atoms with Crippen LogP contribution in [0.1, 0.15) is 6.42 Å². The first-order chi connectivity index (χ1) is 14.4. The molecule has 4 rings (SSSR count). The molecule has 2 aliphatic rings. The predicted molar refractivity (Wildman–Crippen MR) is 119 cm³/mol. The van der Waals surface area contributed by atoms with Crippen LogP contribution in [0.3, 0.4) is 0 Å². The molecule has 2 aromatic rings. The number of morpholine rings is 1. The summed E-state index contributed by atoms with van der Waals surface area (Å²) in [6, 6.07) is 9.97. The van der Waals surface area contributed by atoms with Crippen LogP contribution in [0.25, 0.3) is 0 Å². The minimum atomic E-state index is 0.625.